The first kappa shape index (κ1) is 48.7. The second kappa shape index (κ2) is 39.2. The molecule has 0 fully saturated rings. The Kier molecular flexibility index (Phi) is 48.9. The fraction of sp³-hybridized carbons (Fsp3) is 0.207. The van der Waals surface area contributed by atoms with E-state index in [1.165, 1.54) is 12.0 Å². The number of hydrogen-bond donors (Lipinski definition) is 0. The quantitative estimate of drug-likeness (QED) is 0.213. The Morgan fingerprint density at radius 3 is 1.64 bits per heavy atom. The molecule has 0 aromatic heterocycles. The van der Waals surface area contributed by atoms with E-state index in [2.05, 4.69) is 76.9 Å². The van der Waals surface area contributed by atoms with Gasteiger partial charge in [0.15, 0.2) is 0 Å². The molecule has 1 aliphatic carbocycles. The van der Waals surface area contributed by atoms with Gasteiger partial charge in [0, 0.05) is 51.6 Å². The summed E-state index contributed by atoms with van der Waals surface area (Å²) in [5.41, 5.74) is 3.34. The van der Waals surface area contributed by atoms with Crippen molar-refractivity contribution >= 4 is 5.91 Å². The Balaban J connectivity index is -0.000000172. The van der Waals surface area contributed by atoms with Crippen LogP contribution < -0.4 is 0 Å². The smallest absolute Gasteiger partial charge is 0 e. The van der Waals surface area contributed by atoms with E-state index >= 15 is 0 Å². The minimum absolute atomic E-state index is 0. The molecule has 204 valence electrons. The molecule has 0 aliphatic heterocycles. The van der Waals surface area contributed by atoms with Crippen LogP contribution in [0.2, 0.25) is 0 Å². The number of rotatable bonds is 4. The Morgan fingerprint density at radius 2 is 1.23 bits per heavy atom. The summed E-state index contributed by atoms with van der Waals surface area (Å²) in [6.45, 7) is 29.7. The molecule has 2 aromatic carbocycles. The van der Waals surface area contributed by atoms with Gasteiger partial charge in [-0.3, -0.25) is 4.79 Å². The first-order valence-electron chi connectivity index (χ1n) is 10.1. The van der Waals surface area contributed by atoms with E-state index < -0.39 is 0 Å². The van der Waals surface area contributed by atoms with E-state index in [0.29, 0.717) is 6.54 Å². The van der Waals surface area contributed by atoms with Crippen molar-refractivity contribution in [2.75, 3.05) is 6.54 Å². The van der Waals surface area contributed by atoms with Crippen LogP contribution in [0.5, 0.6) is 0 Å². The molecular formula is C29H23Co2NO7. The molecule has 0 bridgehead atoms. The molecule has 0 saturated heterocycles. The summed E-state index contributed by atoms with van der Waals surface area (Å²) in [5.74, 6) is 5.71. The summed E-state index contributed by atoms with van der Waals surface area (Å²) >= 11 is 0. The van der Waals surface area contributed by atoms with Crippen LogP contribution in [0.3, 0.4) is 0 Å². The summed E-state index contributed by atoms with van der Waals surface area (Å²) < 4.78 is 45.0. The van der Waals surface area contributed by atoms with Crippen LogP contribution in [0.15, 0.2) is 72.3 Å². The first-order valence-corrected chi connectivity index (χ1v) is 10.1. The Labute approximate surface area is 250 Å². The second-order valence-electron chi connectivity index (χ2n) is 6.39. The van der Waals surface area contributed by atoms with Crippen LogP contribution in [0, 0.1) is 51.7 Å². The zero-order valence-corrected chi connectivity index (χ0v) is 22.8. The molecule has 2 aromatic rings. The van der Waals surface area contributed by atoms with Crippen molar-refractivity contribution in [3.63, 3.8) is 0 Å². The van der Waals surface area contributed by atoms with E-state index in [-0.39, 0.29) is 45.5 Å². The van der Waals surface area contributed by atoms with Gasteiger partial charge in [-0.25, -0.2) is 0 Å². The number of hydrogen-bond acceptors (Lipinski definition) is 1. The van der Waals surface area contributed by atoms with Gasteiger partial charge in [0.2, 0.25) is 0 Å². The third-order valence-electron chi connectivity index (χ3n) is 4.61. The molecule has 0 unspecified atom stereocenters. The summed E-state index contributed by atoms with van der Waals surface area (Å²) in [5, 5.41) is 0. The van der Waals surface area contributed by atoms with Gasteiger partial charge in [-0.1, -0.05) is 66.1 Å². The molecule has 0 spiro atoms. The van der Waals surface area contributed by atoms with Gasteiger partial charge in [-0.15, -0.1) is 0 Å². The molecule has 0 N–H and O–H groups in total. The largest absolute Gasteiger partial charge is 0 e. The van der Waals surface area contributed by atoms with Gasteiger partial charge in [0.05, 0.1) is 6.04 Å². The molecule has 0 heterocycles. The van der Waals surface area contributed by atoms with Crippen molar-refractivity contribution < 1.29 is 66.3 Å². The molecule has 2 radical (unpaired) electrons. The summed E-state index contributed by atoms with van der Waals surface area (Å²) in [4.78, 5) is 14.7. The van der Waals surface area contributed by atoms with E-state index in [0.717, 1.165) is 24.0 Å². The van der Waals surface area contributed by atoms with Gasteiger partial charge < -0.3 is 4.90 Å². The number of carbonyl (C=O) groups is 1. The number of amides is 1. The van der Waals surface area contributed by atoms with Gasteiger partial charge in [-0.05, 0) is 43.9 Å². The molecule has 39 heavy (non-hydrogen) atoms. The summed E-state index contributed by atoms with van der Waals surface area (Å²) in [6, 6.07) is 19.8. The van der Waals surface area contributed by atoms with Crippen molar-refractivity contribution in [3.05, 3.63) is 123 Å². The van der Waals surface area contributed by atoms with Gasteiger partial charge in [0.25, 0.3) is 5.91 Å². The maximum atomic E-state index is 12.8. The number of carbonyl (C=O) groups excluding carboxylic acids is 1. The topological polar surface area (TPSA) is 140 Å². The zero-order valence-electron chi connectivity index (χ0n) is 20.7. The molecule has 10 heteroatoms. The number of allylic oxidation sites excluding steroid dienone is 1. The normalized spacial score (nSPS) is 9.41. The van der Waals surface area contributed by atoms with Crippen LogP contribution >= 0.6 is 0 Å². The fourth-order valence-electron chi connectivity index (χ4n) is 3.11. The molecule has 1 aliphatic rings. The van der Waals surface area contributed by atoms with Crippen molar-refractivity contribution in [1.82, 2.24) is 4.90 Å². The molecule has 1 atom stereocenters. The minimum Gasteiger partial charge on any atom is 0 e. The van der Waals surface area contributed by atoms with Crippen molar-refractivity contribution in [2.45, 2.75) is 32.2 Å². The van der Waals surface area contributed by atoms with Crippen LogP contribution in [0.4, 0.5) is 0 Å². The second-order valence-corrected chi connectivity index (χ2v) is 6.39. The third-order valence-corrected chi connectivity index (χ3v) is 4.61. The first-order chi connectivity index (χ1) is 18.2. The molecule has 8 nitrogen and oxygen atoms in total. The summed E-state index contributed by atoms with van der Waals surface area (Å²) in [6.07, 6.45) is 5.65. The summed E-state index contributed by atoms with van der Waals surface area (Å²) in [7, 11) is 0. The van der Waals surface area contributed by atoms with Crippen molar-refractivity contribution in [2.24, 2.45) is 0 Å². The molecule has 3 rings (SSSR count). The van der Waals surface area contributed by atoms with Crippen LogP contribution in [-0.2, 0) is 66.3 Å². The van der Waals surface area contributed by atoms with Crippen molar-refractivity contribution in [3.8, 4) is 11.8 Å². The average Bonchev–Trinajstić information content (AvgIpc) is 3.55. The third kappa shape index (κ3) is 22.4. The van der Waals surface area contributed by atoms with E-state index in [9.17, 15) is 4.79 Å². The van der Waals surface area contributed by atoms with E-state index in [1.807, 2.05) is 53.4 Å². The van der Waals surface area contributed by atoms with Crippen LogP contribution in [0.25, 0.3) is 0 Å². The van der Waals surface area contributed by atoms with Gasteiger partial charge in [-0.2, -0.15) is 0 Å². The number of benzene rings is 2. The van der Waals surface area contributed by atoms with Crippen LogP contribution in [-0.4, -0.2) is 17.4 Å². The molecule has 0 saturated carbocycles. The maximum absolute atomic E-state index is 12.8. The van der Waals surface area contributed by atoms with Crippen LogP contribution in [0.1, 0.15) is 43.4 Å². The van der Waals surface area contributed by atoms with E-state index in [4.69, 9.17) is 27.9 Å². The maximum Gasteiger partial charge on any atom is 0 e. The van der Waals surface area contributed by atoms with Crippen molar-refractivity contribution in [1.29, 1.82) is 0 Å². The standard InChI is InChI=1S/C23H23NO.6CO.2Co/c1-19(22-14-6-3-7-15-22)24(18-21-12-8-9-13-21)23(25)17-16-20-10-4-2-5-11-20;6*1-2;;/h2-7,10-12,14-15,19H,8-9,13,18H2,1H3;;;;;;;;/t19-;;;;;;;;/m0......../s1. The Hall–Kier alpha value is -3.34. The fourth-order valence-corrected chi connectivity index (χ4v) is 3.11. The molecular weight excluding hydrogens is 592 g/mol. The predicted octanol–water partition coefficient (Wildman–Crippen LogP) is 4.51. The average molecular weight is 615 g/mol. The number of nitrogens with zero attached hydrogens (tertiary/aromatic N) is 1. The molecule has 1 amide bonds. The Morgan fingerprint density at radius 1 is 0.795 bits per heavy atom. The Bertz CT molecular complexity index is 1030. The van der Waals surface area contributed by atoms with Gasteiger partial charge >= 0.3 is 67.8 Å². The van der Waals surface area contributed by atoms with E-state index in [1.54, 1.807) is 0 Å². The minimum atomic E-state index is -0.118. The SMILES string of the molecule is C[C@@H](c1ccccc1)N(CC1=CCCC1)C(=O)C#Cc1ccccc1.[C-]#[O+].[C-]#[O+].[C-]#[O+].[C-]#[O+].[C-]#[O+].[C-]#[O+].[Co].[Co]. The zero-order chi connectivity index (χ0) is 29.5. The van der Waals surface area contributed by atoms with Gasteiger partial charge in [0.1, 0.15) is 0 Å². The monoisotopic (exact) mass is 615 g/mol. The predicted molar refractivity (Wildman–Crippen MR) is 125 cm³/mol.